The summed E-state index contributed by atoms with van der Waals surface area (Å²) in [6.07, 6.45) is 1.70. The van der Waals surface area contributed by atoms with Gasteiger partial charge in [-0.25, -0.2) is 4.57 Å². The van der Waals surface area contributed by atoms with Gasteiger partial charge in [0.25, 0.3) is 0 Å². The maximum absolute atomic E-state index is 10.9. The van der Waals surface area contributed by atoms with Crippen LogP contribution in [0, 0.1) is 0 Å². The van der Waals surface area contributed by atoms with Gasteiger partial charge in [-0.1, -0.05) is 57.3 Å². The molecule has 16 heavy (non-hydrogen) atoms. The summed E-state index contributed by atoms with van der Waals surface area (Å²) in [6.45, 7) is 3.80. The molecule has 0 aliphatic heterocycles. The Labute approximate surface area is 118 Å². The van der Waals surface area contributed by atoms with E-state index in [1.807, 2.05) is 13.8 Å². The minimum atomic E-state index is -4.60. The monoisotopic (exact) mass is 400 g/mol. The highest BCUT2D eigenvalue weighted by atomic mass is 79.9. The van der Waals surface area contributed by atoms with Crippen molar-refractivity contribution in [1.29, 1.82) is 0 Å². The smallest absolute Gasteiger partial charge is 0.303 e. The molecule has 3 unspecified atom stereocenters. The van der Waals surface area contributed by atoms with Crippen molar-refractivity contribution in [3.05, 3.63) is 0 Å². The predicted molar refractivity (Wildman–Crippen MR) is 72.3 cm³/mol. The molecule has 0 aromatic carbocycles. The summed E-state index contributed by atoms with van der Waals surface area (Å²) in [5.74, 6) is 0. The summed E-state index contributed by atoms with van der Waals surface area (Å²) in [7, 11) is -4.60. The highest BCUT2D eigenvalue weighted by molar-refractivity contribution is 9.09. The van der Waals surface area contributed by atoms with Crippen LogP contribution >= 0.6 is 51.3 Å². The number of hydrogen-bond acceptors (Lipinski definition) is 2. The summed E-state index contributed by atoms with van der Waals surface area (Å²) in [6, 6.07) is 0. The first-order valence-electron chi connectivity index (χ1n) is 4.88. The third kappa shape index (κ3) is 6.34. The summed E-state index contributed by atoms with van der Waals surface area (Å²) >= 11 is 12.8. The summed E-state index contributed by atoms with van der Waals surface area (Å²) < 4.78 is 15.6. The molecule has 0 saturated heterocycles. The Hall–Kier alpha value is 1.36. The molecular formula is C8H16Br2ClO4P. The lowest BCUT2D eigenvalue weighted by molar-refractivity contribution is 0.0924. The average Bonchev–Trinajstić information content (AvgIpc) is 2.13. The second kappa shape index (κ2) is 7.07. The number of phosphoric ester groups is 1. The maximum atomic E-state index is 10.9. The van der Waals surface area contributed by atoms with Crippen molar-refractivity contribution in [1.82, 2.24) is 0 Å². The number of hydrogen-bond donors (Lipinski definition) is 2. The molecule has 0 heterocycles. The Balaban J connectivity index is 4.81. The van der Waals surface area contributed by atoms with Gasteiger partial charge >= 0.3 is 7.82 Å². The molecule has 0 saturated carbocycles. The zero-order chi connectivity index (χ0) is 13.0. The number of halogens is 3. The normalized spacial score (nSPS) is 20.2. The third-order valence-electron chi connectivity index (χ3n) is 2.04. The average molecular weight is 402 g/mol. The molecule has 0 amide bonds. The van der Waals surface area contributed by atoms with E-state index in [9.17, 15) is 4.57 Å². The van der Waals surface area contributed by atoms with E-state index in [0.29, 0.717) is 12.8 Å². The zero-order valence-electron chi connectivity index (χ0n) is 9.07. The lowest BCUT2D eigenvalue weighted by atomic mass is 10.1. The van der Waals surface area contributed by atoms with E-state index in [4.69, 9.17) is 25.9 Å². The molecule has 0 aromatic heterocycles. The van der Waals surface area contributed by atoms with Crippen LogP contribution in [0.25, 0.3) is 0 Å². The van der Waals surface area contributed by atoms with Crippen LogP contribution < -0.4 is 0 Å². The number of rotatable bonds is 7. The Morgan fingerprint density at radius 3 is 2.19 bits per heavy atom. The van der Waals surface area contributed by atoms with Gasteiger partial charge in [-0.2, -0.15) is 0 Å². The first-order valence-corrected chi connectivity index (χ1v) is 8.62. The topological polar surface area (TPSA) is 66.8 Å². The standard InChI is InChI=1S/C8H16Br2ClO4P/c1-3-6(9)5-8(11,7(10)4-2)15-16(12,13)14/h6-7H,3-5H2,1-2H3,(H2,12,13,14). The van der Waals surface area contributed by atoms with Gasteiger partial charge in [-0.05, 0) is 12.8 Å². The lowest BCUT2D eigenvalue weighted by Crippen LogP contribution is -2.37. The van der Waals surface area contributed by atoms with Gasteiger partial charge < -0.3 is 9.79 Å². The molecule has 0 aliphatic rings. The minimum Gasteiger partial charge on any atom is -0.303 e. The molecule has 3 atom stereocenters. The van der Waals surface area contributed by atoms with Gasteiger partial charge in [-0.15, -0.1) is 0 Å². The maximum Gasteiger partial charge on any atom is 0.471 e. The van der Waals surface area contributed by atoms with Crippen LogP contribution in [0.15, 0.2) is 0 Å². The molecule has 0 radical (unpaired) electrons. The second-order valence-electron chi connectivity index (χ2n) is 3.45. The van der Waals surface area contributed by atoms with Gasteiger partial charge in [0.1, 0.15) is 0 Å². The van der Waals surface area contributed by atoms with Crippen LogP contribution in [-0.2, 0) is 9.09 Å². The quantitative estimate of drug-likeness (QED) is 0.503. The van der Waals surface area contributed by atoms with Crippen LogP contribution in [0.3, 0.4) is 0 Å². The van der Waals surface area contributed by atoms with E-state index >= 15 is 0 Å². The highest BCUT2D eigenvalue weighted by Crippen LogP contribution is 2.49. The van der Waals surface area contributed by atoms with Crippen molar-refractivity contribution < 1.29 is 18.9 Å². The van der Waals surface area contributed by atoms with Crippen molar-refractivity contribution >= 4 is 51.3 Å². The fraction of sp³-hybridized carbons (Fsp3) is 1.00. The fourth-order valence-corrected chi connectivity index (χ4v) is 3.47. The zero-order valence-corrected chi connectivity index (χ0v) is 13.9. The van der Waals surface area contributed by atoms with E-state index in [-0.39, 0.29) is 9.65 Å². The molecule has 0 spiro atoms. The van der Waals surface area contributed by atoms with Gasteiger partial charge in [0.15, 0.2) is 5.06 Å². The molecule has 0 rings (SSSR count). The van der Waals surface area contributed by atoms with E-state index in [1.54, 1.807) is 0 Å². The number of phosphoric acid groups is 1. The summed E-state index contributed by atoms with van der Waals surface area (Å²) in [4.78, 5) is 17.4. The van der Waals surface area contributed by atoms with Crippen LogP contribution in [-0.4, -0.2) is 24.5 Å². The largest absolute Gasteiger partial charge is 0.471 e. The molecule has 0 aromatic rings. The van der Waals surface area contributed by atoms with Crippen molar-refractivity contribution in [3.63, 3.8) is 0 Å². The van der Waals surface area contributed by atoms with Crippen LogP contribution in [0.1, 0.15) is 33.1 Å². The second-order valence-corrected chi connectivity index (χ2v) is 7.66. The first kappa shape index (κ1) is 17.4. The van der Waals surface area contributed by atoms with Gasteiger partial charge in [0, 0.05) is 11.2 Å². The molecule has 0 bridgehead atoms. The molecule has 98 valence electrons. The van der Waals surface area contributed by atoms with E-state index in [2.05, 4.69) is 31.9 Å². The van der Waals surface area contributed by atoms with Crippen molar-refractivity contribution in [2.45, 2.75) is 47.8 Å². The Morgan fingerprint density at radius 2 is 1.88 bits per heavy atom. The first-order chi connectivity index (χ1) is 7.14. The van der Waals surface area contributed by atoms with Gasteiger partial charge in [-0.3, -0.25) is 4.52 Å². The van der Waals surface area contributed by atoms with Crippen LogP contribution in [0.5, 0.6) is 0 Å². The summed E-state index contributed by atoms with van der Waals surface area (Å²) in [5, 5.41) is -1.40. The summed E-state index contributed by atoms with van der Waals surface area (Å²) in [5.41, 5.74) is 0. The number of alkyl halides is 3. The van der Waals surface area contributed by atoms with Crippen molar-refractivity contribution in [2.75, 3.05) is 0 Å². The molecule has 4 nitrogen and oxygen atoms in total. The lowest BCUT2D eigenvalue weighted by Gasteiger charge is -2.32. The minimum absolute atomic E-state index is 0.0446. The fourth-order valence-electron chi connectivity index (χ4n) is 1.17. The Morgan fingerprint density at radius 1 is 1.38 bits per heavy atom. The van der Waals surface area contributed by atoms with Crippen LogP contribution in [0.2, 0.25) is 0 Å². The van der Waals surface area contributed by atoms with Gasteiger partial charge in [0.2, 0.25) is 0 Å². The van der Waals surface area contributed by atoms with E-state index < -0.39 is 12.9 Å². The molecular weight excluding hydrogens is 386 g/mol. The van der Waals surface area contributed by atoms with Crippen molar-refractivity contribution in [2.24, 2.45) is 0 Å². The SMILES string of the molecule is CCC(Br)CC(Cl)(OP(=O)(O)O)C(Br)CC. The van der Waals surface area contributed by atoms with Crippen LogP contribution in [0.4, 0.5) is 0 Å². The Bertz CT molecular complexity index is 262. The van der Waals surface area contributed by atoms with Gasteiger partial charge in [0.05, 0.1) is 4.83 Å². The highest BCUT2D eigenvalue weighted by Gasteiger charge is 2.42. The van der Waals surface area contributed by atoms with E-state index in [0.717, 1.165) is 6.42 Å². The van der Waals surface area contributed by atoms with Crippen molar-refractivity contribution in [3.8, 4) is 0 Å². The predicted octanol–water partition coefficient (Wildman–Crippen LogP) is 3.77. The molecule has 0 aliphatic carbocycles. The third-order valence-corrected chi connectivity index (χ3v) is 5.83. The Kier molecular flexibility index (Phi) is 7.67. The van der Waals surface area contributed by atoms with E-state index in [1.165, 1.54) is 0 Å². The molecule has 8 heteroatoms. The molecule has 2 N–H and O–H groups in total. The molecule has 0 fully saturated rings.